The number of fused-ring (bicyclic) bond motifs is 1. The minimum absolute atomic E-state index is 0.0359. The highest BCUT2D eigenvalue weighted by Gasteiger charge is 2.12. The molecule has 162 valence electrons. The second-order valence-corrected chi connectivity index (χ2v) is 8.48. The van der Waals surface area contributed by atoms with Crippen molar-refractivity contribution in [3.8, 4) is 11.8 Å². The van der Waals surface area contributed by atoms with Crippen LogP contribution in [0.5, 0.6) is 5.75 Å². The maximum atomic E-state index is 12.5. The molecule has 0 aliphatic rings. The van der Waals surface area contributed by atoms with Gasteiger partial charge in [0.1, 0.15) is 24.0 Å². The Morgan fingerprint density at radius 1 is 1.03 bits per heavy atom. The summed E-state index contributed by atoms with van der Waals surface area (Å²) in [4.78, 5) is 12.5. The van der Waals surface area contributed by atoms with E-state index in [1.54, 1.807) is 36.4 Å². The van der Waals surface area contributed by atoms with E-state index in [2.05, 4.69) is 39.4 Å². The molecule has 0 heterocycles. The van der Waals surface area contributed by atoms with Gasteiger partial charge in [-0.3, -0.25) is 4.79 Å². The SMILES string of the molecule is N#C/C(=C\c1ccc(OCc2cccc3ccccc23)c(Br)c1)C(=O)Nc1ccccc1Cl. The fraction of sp³-hybridized carbons (Fsp3) is 0.0370. The van der Waals surface area contributed by atoms with Gasteiger partial charge in [0.25, 0.3) is 5.91 Å². The Morgan fingerprint density at radius 2 is 1.79 bits per heavy atom. The van der Waals surface area contributed by atoms with Gasteiger partial charge >= 0.3 is 0 Å². The van der Waals surface area contributed by atoms with Crippen molar-refractivity contribution in [1.29, 1.82) is 5.26 Å². The molecule has 0 saturated heterocycles. The first-order valence-corrected chi connectivity index (χ1v) is 11.3. The van der Waals surface area contributed by atoms with E-state index < -0.39 is 5.91 Å². The van der Waals surface area contributed by atoms with Crippen LogP contribution in [0, 0.1) is 11.3 Å². The lowest BCUT2D eigenvalue weighted by Crippen LogP contribution is -2.13. The van der Waals surface area contributed by atoms with Crippen molar-refractivity contribution in [2.24, 2.45) is 0 Å². The molecule has 0 radical (unpaired) electrons. The van der Waals surface area contributed by atoms with Gasteiger partial charge in [0, 0.05) is 0 Å². The molecule has 0 aliphatic heterocycles. The number of amides is 1. The molecule has 33 heavy (non-hydrogen) atoms. The largest absolute Gasteiger partial charge is 0.488 e. The van der Waals surface area contributed by atoms with E-state index in [-0.39, 0.29) is 5.57 Å². The number of hydrogen-bond acceptors (Lipinski definition) is 3. The third-order valence-corrected chi connectivity index (χ3v) is 5.97. The van der Waals surface area contributed by atoms with Gasteiger partial charge < -0.3 is 10.1 Å². The zero-order valence-electron chi connectivity index (χ0n) is 17.4. The molecule has 0 fully saturated rings. The van der Waals surface area contributed by atoms with Gasteiger partial charge in [-0.2, -0.15) is 5.26 Å². The number of benzene rings is 4. The molecule has 0 atom stereocenters. The molecule has 4 rings (SSSR count). The maximum absolute atomic E-state index is 12.5. The van der Waals surface area contributed by atoms with Crippen molar-refractivity contribution in [2.45, 2.75) is 6.61 Å². The number of halogens is 2. The zero-order chi connectivity index (χ0) is 23.2. The number of nitrogens with one attached hydrogen (secondary N) is 1. The molecule has 6 heteroatoms. The second kappa shape index (κ2) is 10.4. The highest BCUT2D eigenvalue weighted by molar-refractivity contribution is 9.10. The molecule has 1 amide bonds. The molecule has 4 aromatic rings. The molecule has 1 N–H and O–H groups in total. The molecule has 0 aliphatic carbocycles. The summed E-state index contributed by atoms with van der Waals surface area (Å²) in [6.45, 7) is 0.416. The molecule has 0 spiro atoms. The van der Waals surface area contributed by atoms with Crippen LogP contribution >= 0.6 is 27.5 Å². The van der Waals surface area contributed by atoms with Gasteiger partial charge in [-0.25, -0.2) is 0 Å². The van der Waals surface area contributed by atoms with Gasteiger partial charge in [0.15, 0.2) is 0 Å². The lowest BCUT2D eigenvalue weighted by Gasteiger charge is -2.11. The zero-order valence-corrected chi connectivity index (χ0v) is 19.7. The lowest BCUT2D eigenvalue weighted by molar-refractivity contribution is -0.112. The molecular formula is C27H18BrClN2O2. The van der Waals surface area contributed by atoms with Crippen LogP contribution in [0.15, 0.2) is 95.0 Å². The Hall–Kier alpha value is -3.59. The number of hydrogen-bond donors (Lipinski definition) is 1. The highest BCUT2D eigenvalue weighted by atomic mass is 79.9. The molecule has 0 saturated carbocycles. The molecule has 0 unspecified atom stereocenters. The first-order valence-electron chi connectivity index (χ1n) is 10.1. The molecule has 0 aromatic heterocycles. The summed E-state index contributed by atoms with van der Waals surface area (Å²) in [7, 11) is 0. The van der Waals surface area contributed by atoms with Crippen LogP contribution in [0.25, 0.3) is 16.8 Å². The van der Waals surface area contributed by atoms with Gasteiger partial charge in [-0.05, 0) is 68.2 Å². The minimum atomic E-state index is -0.530. The average Bonchev–Trinajstić information content (AvgIpc) is 2.83. The van der Waals surface area contributed by atoms with Crippen molar-refractivity contribution in [2.75, 3.05) is 5.32 Å². The normalized spacial score (nSPS) is 11.1. The van der Waals surface area contributed by atoms with Crippen molar-refractivity contribution in [1.82, 2.24) is 0 Å². The molecule has 0 bridgehead atoms. The summed E-state index contributed by atoms with van der Waals surface area (Å²) in [6.07, 6.45) is 1.52. The Morgan fingerprint density at radius 3 is 2.58 bits per heavy atom. The fourth-order valence-corrected chi connectivity index (χ4v) is 4.06. The number of carbonyl (C=O) groups is 1. The monoisotopic (exact) mass is 516 g/mol. The first-order chi connectivity index (χ1) is 16.0. The van der Waals surface area contributed by atoms with Crippen molar-refractivity contribution < 1.29 is 9.53 Å². The summed E-state index contributed by atoms with van der Waals surface area (Å²) in [5.74, 6) is 0.136. The smallest absolute Gasteiger partial charge is 0.266 e. The van der Waals surface area contributed by atoms with Gasteiger partial charge in [0.05, 0.1) is 15.2 Å². The van der Waals surface area contributed by atoms with E-state index in [1.807, 2.05) is 36.4 Å². The van der Waals surface area contributed by atoms with Crippen molar-refractivity contribution >= 4 is 56.0 Å². The Balaban J connectivity index is 1.49. The van der Waals surface area contributed by atoms with E-state index >= 15 is 0 Å². The molecule has 4 nitrogen and oxygen atoms in total. The Bertz CT molecular complexity index is 1400. The number of rotatable bonds is 6. The van der Waals surface area contributed by atoms with E-state index in [9.17, 15) is 10.1 Å². The number of nitriles is 1. The quantitative estimate of drug-likeness (QED) is 0.214. The van der Waals surface area contributed by atoms with Crippen LogP contribution in [0.1, 0.15) is 11.1 Å². The average molecular weight is 518 g/mol. The van der Waals surface area contributed by atoms with E-state index in [4.69, 9.17) is 16.3 Å². The van der Waals surface area contributed by atoms with Gasteiger partial charge in [0.2, 0.25) is 0 Å². The number of anilines is 1. The topological polar surface area (TPSA) is 62.1 Å². The number of nitrogens with zero attached hydrogens (tertiary/aromatic N) is 1. The summed E-state index contributed by atoms with van der Waals surface area (Å²) >= 11 is 9.61. The van der Waals surface area contributed by atoms with Crippen LogP contribution in [0.2, 0.25) is 5.02 Å². The summed E-state index contributed by atoms with van der Waals surface area (Å²) < 4.78 is 6.75. The predicted octanol–water partition coefficient (Wildman–Crippen LogP) is 7.38. The van der Waals surface area contributed by atoms with Crippen LogP contribution in [0.4, 0.5) is 5.69 Å². The van der Waals surface area contributed by atoms with E-state index in [0.29, 0.717) is 28.6 Å². The standard InChI is InChI=1S/C27H18BrClN2O2/c28-23-15-18(14-21(16-30)27(32)31-25-11-4-3-10-24(25)29)12-13-26(23)33-17-20-8-5-7-19-6-1-2-9-22(19)20/h1-15H,17H2,(H,31,32)/b21-14+. The van der Waals surface area contributed by atoms with Crippen LogP contribution in [-0.2, 0) is 11.4 Å². The molecular weight excluding hydrogens is 500 g/mol. The lowest BCUT2D eigenvalue weighted by atomic mass is 10.1. The minimum Gasteiger partial charge on any atom is -0.488 e. The van der Waals surface area contributed by atoms with Crippen LogP contribution < -0.4 is 10.1 Å². The highest BCUT2D eigenvalue weighted by Crippen LogP contribution is 2.29. The van der Waals surface area contributed by atoms with Gasteiger partial charge in [-0.1, -0.05) is 72.3 Å². The van der Waals surface area contributed by atoms with Crippen LogP contribution in [0.3, 0.4) is 0 Å². The maximum Gasteiger partial charge on any atom is 0.266 e. The fourth-order valence-electron chi connectivity index (χ4n) is 3.37. The van der Waals surface area contributed by atoms with Crippen molar-refractivity contribution in [3.63, 3.8) is 0 Å². The number of carbonyl (C=O) groups excluding carboxylic acids is 1. The predicted molar refractivity (Wildman–Crippen MR) is 136 cm³/mol. The number of ether oxygens (including phenoxy) is 1. The first kappa shape index (κ1) is 22.6. The van der Waals surface area contributed by atoms with Crippen LogP contribution in [-0.4, -0.2) is 5.91 Å². The number of para-hydroxylation sites is 1. The summed E-state index contributed by atoms with van der Waals surface area (Å²) in [5.41, 5.74) is 2.19. The van der Waals surface area contributed by atoms with E-state index in [0.717, 1.165) is 20.8 Å². The summed E-state index contributed by atoms with van der Waals surface area (Å²) in [6, 6.07) is 28.5. The third-order valence-electron chi connectivity index (χ3n) is 5.02. The second-order valence-electron chi connectivity index (χ2n) is 7.22. The Labute approximate surface area is 205 Å². The summed E-state index contributed by atoms with van der Waals surface area (Å²) in [5, 5.41) is 14.9. The Kier molecular flexibility index (Phi) is 7.09. The van der Waals surface area contributed by atoms with Crippen molar-refractivity contribution in [3.05, 3.63) is 111 Å². The third kappa shape index (κ3) is 5.43. The molecule has 4 aromatic carbocycles. The van der Waals surface area contributed by atoms with E-state index in [1.165, 1.54) is 6.08 Å². The van der Waals surface area contributed by atoms with Gasteiger partial charge in [-0.15, -0.1) is 0 Å².